The second kappa shape index (κ2) is 7.94. The lowest BCUT2D eigenvalue weighted by Gasteiger charge is -2.24. The van der Waals surface area contributed by atoms with Gasteiger partial charge in [0.1, 0.15) is 0 Å². The molecule has 132 valence electrons. The first-order valence-electron chi connectivity index (χ1n) is 8.37. The molecule has 1 aliphatic rings. The SMILES string of the molecule is CN(C)c1ncc(NC(=O)NC(c2ccccc2)C2CCCO2)cn1. The first-order valence-corrected chi connectivity index (χ1v) is 8.37. The number of nitrogens with one attached hydrogen (secondary N) is 2. The van der Waals surface area contributed by atoms with E-state index in [0.717, 1.165) is 25.0 Å². The number of benzene rings is 1. The van der Waals surface area contributed by atoms with Crippen LogP contribution in [0.4, 0.5) is 16.4 Å². The maximum absolute atomic E-state index is 12.4. The predicted octanol–water partition coefficient (Wildman–Crippen LogP) is 2.58. The van der Waals surface area contributed by atoms with E-state index in [4.69, 9.17) is 4.74 Å². The molecule has 3 rings (SSSR count). The fourth-order valence-corrected chi connectivity index (χ4v) is 2.84. The molecule has 1 fully saturated rings. The molecule has 2 unspecified atom stereocenters. The van der Waals surface area contributed by atoms with E-state index in [1.54, 1.807) is 17.3 Å². The highest BCUT2D eigenvalue weighted by molar-refractivity contribution is 5.89. The summed E-state index contributed by atoms with van der Waals surface area (Å²) in [6.07, 6.45) is 5.11. The molecule has 0 saturated carbocycles. The van der Waals surface area contributed by atoms with Gasteiger partial charge in [-0.1, -0.05) is 30.3 Å². The number of carbonyl (C=O) groups is 1. The zero-order valence-corrected chi connectivity index (χ0v) is 14.5. The lowest BCUT2D eigenvalue weighted by molar-refractivity contribution is 0.0815. The van der Waals surface area contributed by atoms with Gasteiger partial charge in [-0.2, -0.15) is 0 Å². The van der Waals surface area contributed by atoms with Crippen LogP contribution >= 0.6 is 0 Å². The van der Waals surface area contributed by atoms with Crippen LogP contribution in [0.5, 0.6) is 0 Å². The van der Waals surface area contributed by atoms with Gasteiger partial charge in [0.2, 0.25) is 5.95 Å². The lowest BCUT2D eigenvalue weighted by Crippen LogP contribution is -2.38. The highest BCUT2D eigenvalue weighted by atomic mass is 16.5. The van der Waals surface area contributed by atoms with Crippen LogP contribution in [0.2, 0.25) is 0 Å². The fourth-order valence-electron chi connectivity index (χ4n) is 2.84. The fraction of sp³-hybridized carbons (Fsp3) is 0.389. The first-order chi connectivity index (χ1) is 12.1. The number of rotatable bonds is 5. The Kier molecular flexibility index (Phi) is 5.45. The Morgan fingerprint density at radius 3 is 2.56 bits per heavy atom. The summed E-state index contributed by atoms with van der Waals surface area (Å²) in [4.78, 5) is 22.6. The number of nitrogens with zero attached hydrogens (tertiary/aromatic N) is 3. The van der Waals surface area contributed by atoms with E-state index in [1.165, 1.54) is 0 Å². The largest absolute Gasteiger partial charge is 0.376 e. The summed E-state index contributed by atoms with van der Waals surface area (Å²) in [5.74, 6) is 0.590. The van der Waals surface area contributed by atoms with Gasteiger partial charge in [0.25, 0.3) is 0 Å². The lowest BCUT2D eigenvalue weighted by atomic mass is 9.99. The summed E-state index contributed by atoms with van der Waals surface area (Å²) in [7, 11) is 3.72. The quantitative estimate of drug-likeness (QED) is 0.874. The first kappa shape index (κ1) is 17.2. The van der Waals surface area contributed by atoms with Gasteiger partial charge >= 0.3 is 6.03 Å². The number of aromatic nitrogens is 2. The minimum atomic E-state index is -0.300. The average Bonchev–Trinajstić information content (AvgIpc) is 3.15. The summed E-state index contributed by atoms with van der Waals surface area (Å²) in [5, 5.41) is 5.80. The van der Waals surface area contributed by atoms with Crippen molar-refractivity contribution >= 4 is 17.7 Å². The van der Waals surface area contributed by atoms with Gasteiger partial charge in [-0.05, 0) is 18.4 Å². The van der Waals surface area contributed by atoms with Crippen molar-refractivity contribution in [1.29, 1.82) is 0 Å². The average molecular weight is 341 g/mol. The van der Waals surface area contributed by atoms with Crippen molar-refractivity contribution < 1.29 is 9.53 Å². The van der Waals surface area contributed by atoms with Crippen molar-refractivity contribution in [3.05, 3.63) is 48.3 Å². The Morgan fingerprint density at radius 1 is 1.24 bits per heavy atom. The van der Waals surface area contributed by atoms with Crippen LogP contribution in [0.3, 0.4) is 0 Å². The van der Waals surface area contributed by atoms with E-state index >= 15 is 0 Å². The molecule has 7 nitrogen and oxygen atoms in total. The van der Waals surface area contributed by atoms with E-state index in [0.29, 0.717) is 11.6 Å². The molecule has 0 radical (unpaired) electrons. The number of amides is 2. The summed E-state index contributed by atoms with van der Waals surface area (Å²) in [6, 6.07) is 9.40. The van der Waals surface area contributed by atoms with Gasteiger partial charge in [0.05, 0.1) is 30.2 Å². The summed E-state index contributed by atoms with van der Waals surface area (Å²) < 4.78 is 5.79. The zero-order valence-electron chi connectivity index (χ0n) is 14.5. The van der Waals surface area contributed by atoms with Crippen LogP contribution in [0.25, 0.3) is 0 Å². The van der Waals surface area contributed by atoms with E-state index in [2.05, 4.69) is 20.6 Å². The molecule has 2 N–H and O–H groups in total. The number of carbonyl (C=O) groups excluding carboxylic acids is 1. The van der Waals surface area contributed by atoms with Crippen LogP contribution in [-0.2, 0) is 4.74 Å². The molecular weight excluding hydrogens is 318 g/mol. The monoisotopic (exact) mass is 341 g/mol. The van der Waals surface area contributed by atoms with Crippen molar-refractivity contribution in [3.8, 4) is 0 Å². The van der Waals surface area contributed by atoms with Crippen molar-refractivity contribution in [1.82, 2.24) is 15.3 Å². The highest BCUT2D eigenvalue weighted by Crippen LogP contribution is 2.27. The van der Waals surface area contributed by atoms with Crippen LogP contribution in [0, 0.1) is 0 Å². The molecular formula is C18H23N5O2. The Balaban J connectivity index is 1.67. The van der Waals surface area contributed by atoms with Gasteiger partial charge < -0.3 is 20.3 Å². The van der Waals surface area contributed by atoms with E-state index < -0.39 is 0 Å². The molecule has 2 atom stereocenters. The molecule has 1 saturated heterocycles. The van der Waals surface area contributed by atoms with Crippen molar-refractivity contribution in [2.75, 3.05) is 30.9 Å². The molecule has 0 aliphatic carbocycles. The molecule has 1 aromatic carbocycles. The summed E-state index contributed by atoms with van der Waals surface area (Å²) in [6.45, 7) is 0.733. The Morgan fingerprint density at radius 2 is 1.96 bits per heavy atom. The van der Waals surface area contributed by atoms with Crippen LogP contribution < -0.4 is 15.5 Å². The van der Waals surface area contributed by atoms with Crippen LogP contribution in [0.15, 0.2) is 42.7 Å². The second-order valence-corrected chi connectivity index (χ2v) is 6.20. The van der Waals surface area contributed by atoms with Gasteiger partial charge in [0, 0.05) is 20.7 Å². The summed E-state index contributed by atoms with van der Waals surface area (Å²) in [5.41, 5.74) is 1.58. The number of hydrogen-bond acceptors (Lipinski definition) is 5. The molecule has 2 aromatic rings. The molecule has 1 aliphatic heterocycles. The van der Waals surface area contributed by atoms with E-state index in [1.807, 2.05) is 44.4 Å². The van der Waals surface area contributed by atoms with E-state index in [9.17, 15) is 4.79 Å². The number of anilines is 2. The van der Waals surface area contributed by atoms with Gasteiger partial charge in [0.15, 0.2) is 0 Å². The van der Waals surface area contributed by atoms with Gasteiger partial charge in [-0.25, -0.2) is 14.8 Å². The Bertz CT molecular complexity index is 684. The zero-order chi connectivity index (χ0) is 17.6. The molecule has 2 heterocycles. The van der Waals surface area contributed by atoms with Gasteiger partial charge in [-0.3, -0.25) is 0 Å². The number of urea groups is 1. The molecule has 2 amide bonds. The number of ether oxygens (including phenoxy) is 1. The normalized spacial score (nSPS) is 17.8. The third-order valence-corrected chi connectivity index (χ3v) is 4.08. The molecule has 25 heavy (non-hydrogen) atoms. The van der Waals surface area contributed by atoms with Crippen LogP contribution in [0.1, 0.15) is 24.4 Å². The summed E-state index contributed by atoms with van der Waals surface area (Å²) >= 11 is 0. The van der Waals surface area contributed by atoms with E-state index in [-0.39, 0.29) is 18.2 Å². The van der Waals surface area contributed by atoms with Crippen molar-refractivity contribution in [2.24, 2.45) is 0 Å². The topological polar surface area (TPSA) is 79.4 Å². The van der Waals surface area contributed by atoms with Gasteiger partial charge in [-0.15, -0.1) is 0 Å². The maximum Gasteiger partial charge on any atom is 0.319 e. The standard InChI is InChI=1S/C18H23N5O2/c1-23(2)17-19-11-14(12-20-17)21-18(24)22-16(15-9-6-10-25-15)13-7-4-3-5-8-13/h3-5,7-8,11-12,15-16H,6,9-10H2,1-2H3,(H2,21,22,24). The number of hydrogen-bond donors (Lipinski definition) is 2. The third kappa shape index (κ3) is 4.45. The molecule has 0 bridgehead atoms. The second-order valence-electron chi connectivity index (χ2n) is 6.20. The highest BCUT2D eigenvalue weighted by Gasteiger charge is 2.28. The smallest absolute Gasteiger partial charge is 0.319 e. The Hall–Kier alpha value is -2.67. The predicted molar refractivity (Wildman–Crippen MR) is 96.7 cm³/mol. The van der Waals surface area contributed by atoms with Crippen LogP contribution in [-0.4, -0.2) is 42.8 Å². The van der Waals surface area contributed by atoms with Crippen molar-refractivity contribution in [3.63, 3.8) is 0 Å². The Labute approximate surface area is 147 Å². The molecule has 0 spiro atoms. The third-order valence-electron chi connectivity index (χ3n) is 4.08. The molecule has 1 aromatic heterocycles. The van der Waals surface area contributed by atoms with Crippen molar-refractivity contribution in [2.45, 2.75) is 25.0 Å². The minimum absolute atomic E-state index is 0.0134. The molecule has 7 heteroatoms. The minimum Gasteiger partial charge on any atom is -0.376 e. The maximum atomic E-state index is 12.4.